The fraction of sp³-hybridized carbons (Fsp3) is 0.889. The van der Waals surface area contributed by atoms with Gasteiger partial charge in [-0.05, 0) is 18.8 Å². The van der Waals surface area contributed by atoms with Crippen LogP contribution in [-0.2, 0) is 19.4 Å². The van der Waals surface area contributed by atoms with Gasteiger partial charge in [0.05, 0.1) is 24.5 Å². The Labute approximate surface area is 89.9 Å². The van der Waals surface area contributed by atoms with Crippen molar-refractivity contribution < 1.29 is 17.9 Å². The molecule has 0 aromatic rings. The Morgan fingerprint density at radius 2 is 2.00 bits per heavy atom. The van der Waals surface area contributed by atoms with Gasteiger partial charge in [0.2, 0.25) is 0 Å². The van der Waals surface area contributed by atoms with Gasteiger partial charge in [0.25, 0.3) is 0 Å². The number of esters is 1. The van der Waals surface area contributed by atoms with Crippen LogP contribution in [0.5, 0.6) is 0 Å². The molecule has 1 rings (SSSR count). The van der Waals surface area contributed by atoms with Crippen molar-refractivity contribution in [2.45, 2.75) is 12.8 Å². The van der Waals surface area contributed by atoms with Gasteiger partial charge >= 0.3 is 5.97 Å². The average Bonchev–Trinajstić information content (AvgIpc) is 2.21. The second kappa shape index (κ2) is 4.94. The minimum Gasteiger partial charge on any atom is -0.469 e. The first-order valence-electron chi connectivity index (χ1n) is 4.98. The van der Waals surface area contributed by atoms with Gasteiger partial charge in [-0.25, -0.2) is 8.42 Å². The Hall–Kier alpha value is -0.620. The molecule has 1 heterocycles. The van der Waals surface area contributed by atoms with Crippen LogP contribution in [0.15, 0.2) is 0 Å². The summed E-state index contributed by atoms with van der Waals surface area (Å²) in [4.78, 5) is 11.4. The van der Waals surface area contributed by atoms with E-state index in [2.05, 4.69) is 4.74 Å². The number of carbonyl (C=O) groups excluding carboxylic acids is 1. The molecular weight excluding hydrogens is 218 g/mol. The zero-order chi connectivity index (χ0) is 11.5. The molecule has 2 N–H and O–H groups in total. The molecule has 88 valence electrons. The maximum atomic E-state index is 11.4. The molecule has 1 aliphatic rings. The number of methoxy groups -OCH3 is 1. The molecule has 1 fully saturated rings. The van der Waals surface area contributed by atoms with Crippen LogP contribution in [-0.4, -0.2) is 39.5 Å². The van der Waals surface area contributed by atoms with E-state index in [4.69, 9.17) is 5.73 Å². The highest BCUT2D eigenvalue weighted by molar-refractivity contribution is 7.91. The summed E-state index contributed by atoms with van der Waals surface area (Å²) in [5.41, 5.74) is 5.50. The number of sulfone groups is 1. The van der Waals surface area contributed by atoms with Crippen LogP contribution < -0.4 is 5.73 Å². The first-order chi connectivity index (χ1) is 7.00. The van der Waals surface area contributed by atoms with Crippen molar-refractivity contribution in [3.63, 3.8) is 0 Å². The lowest BCUT2D eigenvalue weighted by atomic mass is 9.87. The lowest BCUT2D eigenvalue weighted by Crippen LogP contribution is -2.36. The molecule has 0 spiro atoms. The van der Waals surface area contributed by atoms with E-state index < -0.39 is 9.84 Å². The molecule has 0 amide bonds. The maximum Gasteiger partial charge on any atom is 0.310 e. The topological polar surface area (TPSA) is 86.5 Å². The minimum absolute atomic E-state index is 0.0472. The molecule has 6 heteroatoms. The van der Waals surface area contributed by atoms with E-state index in [1.165, 1.54) is 7.11 Å². The summed E-state index contributed by atoms with van der Waals surface area (Å²) >= 11 is 0. The van der Waals surface area contributed by atoms with E-state index in [1.54, 1.807) is 0 Å². The van der Waals surface area contributed by atoms with Crippen LogP contribution in [0.3, 0.4) is 0 Å². The third-order valence-corrected chi connectivity index (χ3v) is 4.64. The van der Waals surface area contributed by atoms with Crippen molar-refractivity contribution >= 4 is 15.8 Å². The van der Waals surface area contributed by atoms with E-state index in [-0.39, 0.29) is 35.9 Å². The molecule has 0 aliphatic carbocycles. The van der Waals surface area contributed by atoms with Crippen molar-refractivity contribution in [3.05, 3.63) is 0 Å². The second-order valence-corrected chi connectivity index (χ2v) is 6.16. The molecule has 5 nitrogen and oxygen atoms in total. The molecule has 1 atom stereocenters. The zero-order valence-corrected chi connectivity index (χ0v) is 9.63. The standard InChI is InChI=1S/C9H17NO4S/c1-14-9(11)8(6-10)7-2-4-15(12,13)5-3-7/h7-8H,2-6,10H2,1H3. The molecule has 0 radical (unpaired) electrons. The third kappa shape index (κ3) is 3.17. The third-order valence-electron chi connectivity index (χ3n) is 2.93. The molecule has 0 bridgehead atoms. The Bertz CT molecular complexity index is 311. The van der Waals surface area contributed by atoms with Gasteiger partial charge in [-0.1, -0.05) is 0 Å². The lowest BCUT2D eigenvalue weighted by molar-refractivity contribution is -0.147. The smallest absolute Gasteiger partial charge is 0.310 e. The minimum atomic E-state index is -2.88. The van der Waals surface area contributed by atoms with Crippen molar-refractivity contribution in [1.29, 1.82) is 0 Å². The van der Waals surface area contributed by atoms with E-state index in [1.807, 2.05) is 0 Å². The van der Waals surface area contributed by atoms with Gasteiger partial charge < -0.3 is 10.5 Å². The summed E-state index contributed by atoms with van der Waals surface area (Å²) < 4.78 is 27.0. The molecule has 1 unspecified atom stereocenters. The van der Waals surface area contributed by atoms with Crippen LogP contribution in [0, 0.1) is 11.8 Å². The Kier molecular flexibility index (Phi) is 4.10. The van der Waals surface area contributed by atoms with Crippen LogP contribution >= 0.6 is 0 Å². The number of hydrogen-bond donors (Lipinski definition) is 1. The van der Waals surface area contributed by atoms with Gasteiger partial charge in [-0.3, -0.25) is 4.79 Å². The fourth-order valence-corrected chi connectivity index (χ4v) is 3.47. The van der Waals surface area contributed by atoms with Crippen molar-refractivity contribution in [1.82, 2.24) is 0 Å². The second-order valence-electron chi connectivity index (χ2n) is 3.85. The molecule has 1 saturated heterocycles. The first-order valence-corrected chi connectivity index (χ1v) is 6.80. The van der Waals surface area contributed by atoms with Gasteiger partial charge in [0, 0.05) is 6.54 Å². The summed E-state index contributed by atoms with van der Waals surface area (Å²) in [5.74, 6) is -0.325. The number of carbonyl (C=O) groups is 1. The summed E-state index contributed by atoms with van der Waals surface area (Å²) in [6.45, 7) is 0.220. The van der Waals surface area contributed by atoms with Crippen LogP contribution in [0.25, 0.3) is 0 Å². The Balaban J connectivity index is 2.61. The van der Waals surface area contributed by atoms with Crippen molar-refractivity contribution in [3.8, 4) is 0 Å². The van der Waals surface area contributed by atoms with Crippen molar-refractivity contribution in [2.24, 2.45) is 17.6 Å². The molecule has 15 heavy (non-hydrogen) atoms. The number of hydrogen-bond acceptors (Lipinski definition) is 5. The van der Waals surface area contributed by atoms with E-state index in [0.29, 0.717) is 12.8 Å². The number of ether oxygens (including phenoxy) is 1. The largest absolute Gasteiger partial charge is 0.469 e. The van der Waals surface area contributed by atoms with E-state index >= 15 is 0 Å². The van der Waals surface area contributed by atoms with Crippen LogP contribution in [0.4, 0.5) is 0 Å². The normalized spacial score (nSPS) is 23.3. The first kappa shape index (κ1) is 12.4. The Morgan fingerprint density at radius 3 is 2.40 bits per heavy atom. The van der Waals surface area contributed by atoms with E-state index in [0.717, 1.165) is 0 Å². The lowest BCUT2D eigenvalue weighted by Gasteiger charge is -2.27. The van der Waals surface area contributed by atoms with E-state index in [9.17, 15) is 13.2 Å². The summed E-state index contributed by atoms with van der Waals surface area (Å²) in [6, 6.07) is 0. The quantitative estimate of drug-likeness (QED) is 0.670. The predicted molar refractivity (Wildman–Crippen MR) is 55.9 cm³/mol. The molecule has 0 saturated carbocycles. The SMILES string of the molecule is COC(=O)C(CN)C1CCS(=O)(=O)CC1. The highest BCUT2D eigenvalue weighted by Gasteiger charge is 2.33. The fourth-order valence-electron chi connectivity index (χ4n) is 1.94. The predicted octanol–water partition coefficient (Wildman–Crippen LogP) is -0.441. The molecule has 0 aromatic carbocycles. The average molecular weight is 235 g/mol. The summed E-state index contributed by atoms with van der Waals surface area (Å²) in [6.07, 6.45) is 1.03. The Morgan fingerprint density at radius 1 is 1.47 bits per heavy atom. The summed E-state index contributed by atoms with van der Waals surface area (Å²) in [5, 5.41) is 0. The van der Waals surface area contributed by atoms with Gasteiger partial charge in [0.1, 0.15) is 9.84 Å². The van der Waals surface area contributed by atoms with Crippen molar-refractivity contribution in [2.75, 3.05) is 25.2 Å². The highest BCUT2D eigenvalue weighted by atomic mass is 32.2. The molecule has 1 aliphatic heterocycles. The van der Waals surface area contributed by atoms with Gasteiger partial charge in [-0.15, -0.1) is 0 Å². The molecular formula is C9H17NO4S. The maximum absolute atomic E-state index is 11.4. The van der Waals surface area contributed by atoms with Gasteiger partial charge in [0.15, 0.2) is 0 Å². The van der Waals surface area contributed by atoms with Gasteiger partial charge in [-0.2, -0.15) is 0 Å². The zero-order valence-electron chi connectivity index (χ0n) is 8.81. The number of nitrogens with two attached hydrogens (primary N) is 1. The monoisotopic (exact) mass is 235 g/mol. The number of rotatable bonds is 3. The van der Waals surface area contributed by atoms with Crippen LogP contribution in [0.1, 0.15) is 12.8 Å². The summed E-state index contributed by atoms with van der Waals surface area (Å²) in [7, 11) is -1.56. The molecule has 0 aromatic heterocycles. The highest BCUT2D eigenvalue weighted by Crippen LogP contribution is 2.26. The van der Waals surface area contributed by atoms with Crippen LogP contribution in [0.2, 0.25) is 0 Å².